The van der Waals surface area contributed by atoms with Gasteiger partial charge in [0.1, 0.15) is 11.2 Å². The normalized spacial score (nSPS) is 21.3. The van der Waals surface area contributed by atoms with E-state index in [0.29, 0.717) is 42.2 Å². The molecule has 3 aliphatic rings. The molecule has 1 saturated heterocycles. The summed E-state index contributed by atoms with van der Waals surface area (Å²) < 4.78 is 7.51. The zero-order valence-electron chi connectivity index (χ0n) is 25.0. The van der Waals surface area contributed by atoms with Gasteiger partial charge in [0.25, 0.3) is 0 Å². The molecule has 43 heavy (non-hydrogen) atoms. The number of ether oxygens (including phenoxy) is 1. The van der Waals surface area contributed by atoms with E-state index in [0.717, 1.165) is 35.2 Å². The Hall–Kier alpha value is -3.69. The summed E-state index contributed by atoms with van der Waals surface area (Å²) in [6.45, 7) is 6.46. The minimum absolute atomic E-state index is 0.00183. The van der Waals surface area contributed by atoms with Crippen molar-refractivity contribution in [3.63, 3.8) is 0 Å². The molecular weight excluding hydrogens is 566 g/mol. The number of aliphatic hydroxyl groups is 1. The first-order chi connectivity index (χ1) is 20.5. The van der Waals surface area contributed by atoms with Crippen molar-refractivity contribution < 1.29 is 19.4 Å². The third kappa shape index (κ3) is 5.68. The van der Waals surface area contributed by atoms with Crippen LogP contribution in [0.15, 0.2) is 49.1 Å². The first kappa shape index (κ1) is 29.4. The molecule has 1 aliphatic heterocycles. The van der Waals surface area contributed by atoms with Crippen LogP contribution in [-0.4, -0.2) is 55.2 Å². The minimum Gasteiger partial charge on any atom is -0.444 e. The fraction of sp³-hybridized carbons (Fsp3) is 0.455. The highest BCUT2D eigenvalue weighted by molar-refractivity contribution is 6.30. The molecule has 6 rings (SSSR count). The molecule has 10 heteroatoms. The molecule has 2 unspecified atom stereocenters. The van der Waals surface area contributed by atoms with Gasteiger partial charge in [-0.05, 0) is 93.0 Å². The van der Waals surface area contributed by atoms with Gasteiger partial charge in [0.05, 0.1) is 30.0 Å². The summed E-state index contributed by atoms with van der Waals surface area (Å²) in [5.74, 6) is -0.248. The number of hydrogen-bond donors (Lipinski definition) is 2. The van der Waals surface area contributed by atoms with Gasteiger partial charge in [-0.25, -0.2) is 9.78 Å². The van der Waals surface area contributed by atoms with Gasteiger partial charge in [0.2, 0.25) is 5.91 Å². The Labute approximate surface area is 256 Å². The number of rotatable bonds is 5. The third-order valence-electron chi connectivity index (χ3n) is 8.65. The van der Waals surface area contributed by atoms with Crippen molar-refractivity contribution in [2.45, 2.75) is 63.7 Å². The number of piperidine rings is 1. The molecule has 2 fully saturated rings. The van der Waals surface area contributed by atoms with Gasteiger partial charge in [-0.1, -0.05) is 23.7 Å². The number of benzene rings is 1. The zero-order chi connectivity index (χ0) is 30.5. The molecule has 226 valence electrons. The molecule has 2 amide bonds. The number of imidazole rings is 1. The highest BCUT2D eigenvalue weighted by Gasteiger charge is 2.48. The van der Waals surface area contributed by atoms with Crippen molar-refractivity contribution in [1.82, 2.24) is 24.8 Å². The van der Waals surface area contributed by atoms with E-state index < -0.39 is 17.2 Å². The molecule has 2 aliphatic carbocycles. The van der Waals surface area contributed by atoms with Crippen molar-refractivity contribution >= 4 is 35.3 Å². The smallest absolute Gasteiger partial charge is 0.410 e. The third-order valence-corrected chi connectivity index (χ3v) is 8.88. The van der Waals surface area contributed by atoms with Gasteiger partial charge in [0, 0.05) is 43.2 Å². The van der Waals surface area contributed by atoms with Crippen LogP contribution in [0.1, 0.15) is 80.6 Å². The molecule has 2 atom stereocenters. The Morgan fingerprint density at radius 3 is 2.56 bits per heavy atom. The van der Waals surface area contributed by atoms with Crippen LogP contribution in [-0.2, 0) is 22.2 Å². The number of aryl methyl sites for hydroxylation is 1. The Morgan fingerprint density at radius 2 is 1.91 bits per heavy atom. The lowest BCUT2D eigenvalue weighted by atomic mass is 9.72. The lowest BCUT2D eigenvalue weighted by Gasteiger charge is -2.42. The highest BCUT2D eigenvalue weighted by atomic mass is 35.5. The summed E-state index contributed by atoms with van der Waals surface area (Å²) in [5, 5.41) is 16.8. The van der Waals surface area contributed by atoms with Crippen LogP contribution in [0.5, 0.6) is 0 Å². The molecule has 2 aromatic heterocycles. The van der Waals surface area contributed by atoms with E-state index >= 15 is 0 Å². The van der Waals surface area contributed by atoms with Crippen molar-refractivity contribution in [2.75, 3.05) is 13.1 Å². The molecule has 3 heterocycles. The monoisotopic (exact) mass is 603 g/mol. The maximum Gasteiger partial charge on any atom is 0.410 e. The van der Waals surface area contributed by atoms with E-state index in [9.17, 15) is 14.7 Å². The van der Waals surface area contributed by atoms with Crippen LogP contribution < -0.4 is 5.32 Å². The van der Waals surface area contributed by atoms with Crippen LogP contribution in [0, 0.1) is 11.8 Å². The van der Waals surface area contributed by atoms with Gasteiger partial charge < -0.3 is 24.6 Å². The summed E-state index contributed by atoms with van der Waals surface area (Å²) in [5.41, 5.74) is 2.26. The predicted molar refractivity (Wildman–Crippen MR) is 164 cm³/mol. The van der Waals surface area contributed by atoms with E-state index in [4.69, 9.17) is 21.3 Å². The Balaban J connectivity index is 1.45. The number of hydrogen-bond acceptors (Lipinski definition) is 6. The van der Waals surface area contributed by atoms with Crippen LogP contribution in [0.25, 0.3) is 11.6 Å². The number of halogens is 1. The average molecular weight is 604 g/mol. The maximum atomic E-state index is 13.2. The number of pyridine rings is 1. The van der Waals surface area contributed by atoms with Crippen molar-refractivity contribution in [1.29, 1.82) is 0 Å². The number of carbonyl (C=O) groups is 2. The molecule has 0 bridgehead atoms. The van der Waals surface area contributed by atoms with Gasteiger partial charge in [-0.15, -0.1) is 0 Å². The quantitative estimate of drug-likeness (QED) is 0.400. The van der Waals surface area contributed by atoms with Gasteiger partial charge >= 0.3 is 6.09 Å². The standard InChI is InChI=1S/C33H38ClN5O4/c1-32(2,3)43-31(41)39-14-11-22(12-15-39)33(42)26-10-9-23(34)17-24(26)25(16-21-6-5-13-36-29(21)33)28(27-18-35-19-38(27)4)37-30(40)20-7-8-20/h5-6,9-10,13,16-20,22,28,42H,7-8,11-12,14-15H2,1-4H3,(H,37,40). The summed E-state index contributed by atoms with van der Waals surface area (Å²) in [6, 6.07) is 8.78. The maximum absolute atomic E-state index is 13.2. The van der Waals surface area contributed by atoms with Gasteiger partial charge in [-0.2, -0.15) is 0 Å². The fourth-order valence-corrected chi connectivity index (χ4v) is 6.51. The number of carbonyl (C=O) groups excluding carboxylic acids is 2. The van der Waals surface area contributed by atoms with Crippen LogP contribution in [0.3, 0.4) is 0 Å². The van der Waals surface area contributed by atoms with E-state index in [1.54, 1.807) is 29.7 Å². The van der Waals surface area contributed by atoms with Crippen LogP contribution in [0.4, 0.5) is 4.79 Å². The largest absolute Gasteiger partial charge is 0.444 e. The van der Waals surface area contributed by atoms with E-state index in [-0.39, 0.29) is 23.8 Å². The number of likely N-dealkylation sites (tertiary alicyclic amines) is 1. The van der Waals surface area contributed by atoms with Gasteiger partial charge in [0.15, 0.2) is 0 Å². The Morgan fingerprint density at radius 1 is 1.16 bits per heavy atom. The number of nitrogens with zero attached hydrogens (tertiary/aromatic N) is 4. The zero-order valence-corrected chi connectivity index (χ0v) is 25.8. The average Bonchev–Trinajstić information content (AvgIpc) is 3.75. The summed E-state index contributed by atoms with van der Waals surface area (Å²) in [6.07, 6.45) is 9.68. The Bertz CT molecular complexity index is 1580. The topological polar surface area (TPSA) is 110 Å². The highest BCUT2D eigenvalue weighted by Crippen LogP contribution is 2.50. The lowest BCUT2D eigenvalue weighted by Crippen LogP contribution is -2.47. The fourth-order valence-electron chi connectivity index (χ4n) is 6.33. The van der Waals surface area contributed by atoms with E-state index in [2.05, 4.69) is 10.3 Å². The molecule has 1 saturated carbocycles. The number of amides is 2. The van der Waals surface area contributed by atoms with Crippen LogP contribution >= 0.6 is 11.6 Å². The van der Waals surface area contributed by atoms with Crippen molar-refractivity contribution in [2.24, 2.45) is 18.9 Å². The Kier molecular flexibility index (Phi) is 7.59. The SMILES string of the molecule is Cn1cncc1C(NC(=O)C1CC1)C1=Cc2cccnc2C(O)(C2CCN(C(=O)OC(C)(C)C)CC2)c2ccc(Cl)cc21. The van der Waals surface area contributed by atoms with Crippen LogP contribution in [0.2, 0.25) is 5.02 Å². The molecule has 0 spiro atoms. The first-order valence-electron chi connectivity index (χ1n) is 14.9. The summed E-state index contributed by atoms with van der Waals surface area (Å²) in [4.78, 5) is 36.9. The number of aromatic nitrogens is 3. The van der Waals surface area contributed by atoms with Crippen molar-refractivity contribution in [3.05, 3.63) is 82.2 Å². The number of fused-ring (bicyclic) bond motifs is 2. The lowest BCUT2D eigenvalue weighted by molar-refractivity contribution is -0.122. The van der Waals surface area contributed by atoms with Gasteiger partial charge in [-0.3, -0.25) is 9.78 Å². The minimum atomic E-state index is -1.48. The van der Waals surface area contributed by atoms with E-state index in [1.165, 1.54) is 0 Å². The molecular formula is C33H38ClN5O4. The first-order valence-corrected chi connectivity index (χ1v) is 15.3. The molecule has 0 radical (unpaired) electrons. The molecule has 1 aromatic carbocycles. The second-order valence-electron chi connectivity index (χ2n) is 12.9. The molecule has 2 N–H and O–H groups in total. The number of nitrogens with one attached hydrogen (secondary N) is 1. The second-order valence-corrected chi connectivity index (χ2v) is 13.3. The summed E-state index contributed by atoms with van der Waals surface area (Å²) in [7, 11) is 1.90. The molecule has 9 nitrogen and oxygen atoms in total. The predicted octanol–water partition coefficient (Wildman–Crippen LogP) is 5.47. The molecule has 3 aromatic rings. The van der Waals surface area contributed by atoms with E-state index in [1.807, 2.05) is 62.7 Å². The summed E-state index contributed by atoms with van der Waals surface area (Å²) >= 11 is 6.63. The van der Waals surface area contributed by atoms with Crippen molar-refractivity contribution in [3.8, 4) is 0 Å². The second kappa shape index (κ2) is 11.1.